The second-order valence-electron chi connectivity index (χ2n) is 7.27. The van der Waals surface area contributed by atoms with Crippen molar-refractivity contribution in [3.8, 4) is 0 Å². The number of nitrogens with zero attached hydrogens (tertiary/aromatic N) is 6. The summed E-state index contributed by atoms with van der Waals surface area (Å²) in [5.74, 6) is 0.414. The van der Waals surface area contributed by atoms with Crippen LogP contribution in [0.5, 0.6) is 0 Å². The van der Waals surface area contributed by atoms with Gasteiger partial charge < -0.3 is 19.4 Å². The minimum Gasteiger partial charge on any atom is -0.378 e. The predicted molar refractivity (Wildman–Crippen MR) is 103 cm³/mol. The zero-order valence-corrected chi connectivity index (χ0v) is 16.5. The van der Waals surface area contributed by atoms with E-state index in [9.17, 15) is 17.6 Å². The first-order valence-electron chi connectivity index (χ1n) is 9.72. The van der Waals surface area contributed by atoms with Gasteiger partial charge in [0.15, 0.2) is 11.6 Å². The molecule has 30 heavy (non-hydrogen) atoms. The van der Waals surface area contributed by atoms with Gasteiger partial charge in [-0.25, -0.2) is 14.4 Å². The molecule has 0 bridgehead atoms. The van der Waals surface area contributed by atoms with Gasteiger partial charge >= 0.3 is 6.18 Å². The van der Waals surface area contributed by atoms with E-state index in [4.69, 9.17) is 4.74 Å². The molecule has 2 aromatic rings. The van der Waals surface area contributed by atoms with Crippen LogP contribution in [0.2, 0.25) is 0 Å². The van der Waals surface area contributed by atoms with Crippen molar-refractivity contribution in [1.29, 1.82) is 0 Å². The molecule has 2 saturated heterocycles. The van der Waals surface area contributed by atoms with Crippen LogP contribution in [0.1, 0.15) is 11.3 Å². The van der Waals surface area contributed by atoms with Gasteiger partial charge in [0.1, 0.15) is 5.82 Å². The molecular formula is C19H22F4N6O. The number of alkyl halides is 3. The lowest BCUT2D eigenvalue weighted by molar-refractivity contribution is -0.138. The van der Waals surface area contributed by atoms with Crippen LogP contribution < -0.4 is 14.7 Å². The molecule has 2 aliphatic rings. The van der Waals surface area contributed by atoms with Crippen molar-refractivity contribution in [2.75, 3.05) is 67.2 Å². The van der Waals surface area contributed by atoms with Gasteiger partial charge in [-0.2, -0.15) is 18.2 Å². The molecule has 0 atom stereocenters. The number of hydrogen-bond acceptors (Lipinski definition) is 7. The largest absolute Gasteiger partial charge is 0.417 e. The molecule has 0 N–H and O–H groups in total. The second-order valence-corrected chi connectivity index (χ2v) is 7.27. The first-order chi connectivity index (χ1) is 14.3. The molecule has 162 valence electrons. The van der Waals surface area contributed by atoms with Gasteiger partial charge in [-0.15, -0.1) is 0 Å². The summed E-state index contributed by atoms with van der Waals surface area (Å²) in [5.41, 5.74) is -0.242. The second kappa shape index (κ2) is 8.21. The Morgan fingerprint density at radius 1 is 0.900 bits per heavy atom. The highest BCUT2D eigenvalue weighted by Gasteiger charge is 2.33. The van der Waals surface area contributed by atoms with E-state index in [-0.39, 0.29) is 5.82 Å². The van der Waals surface area contributed by atoms with Gasteiger partial charge in [0, 0.05) is 57.2 Å². The van der Waals surface area contributed by atoms with Gasteiger partial charge in [0.2, 0.25) is 5.95 Å². The van der Waals surface area contributed by atoms with Crippen LogP contribution in [0.4, 0.5) is 35.1 Å². The minimum atomic E-state index is -4.62. The number of pyridine rings is 1. The van der Waals surface area contributed by atoms with E-state index in [1.807, 2.05) is 13.0 Å². The number of aryl methyl sites for hydroxylation is 1. The van der Waals surface area contributed by atoms with Gasteiger partial charge in [0.05, 0.1) is 18.8 Å². The average Bonchev–Trinajstić information content (AvgIpc) is 2.73. The molecule has 2 aliphatic heterocycles. The molecule has 0 spiro atoms. The van der Waals surface area contributed by atoms with E-state index in [1.165, 1.54) is 0 Å². The number of morpholine rings is 1. The Bertz CT molecular complexity index is 895. The number of anilines is 3. The SMILES string of the molecule is Cc1cc(N2CCN(c3ncc(C(F)(F)F)cc3F)CC2)nc(N2CCOCC2)n1. The Morgan fingerprint density at radius 3 is 2.20 bits per heavy atom. The molecule has 2 aromatic heterocycles. The van der Waals surface area contributed by atoms with Crippen LogP contribution in [0, 0.1) is 12.7 Å². The summed E-state index contributed by atoms with van der Waals surface area (Å²) in [6.07, 6.45) is -3.94. The molecular weight excluding hydrogens is 404 g/mol. The highest BCUT2D eigenvalue weighted by atomic mass is 19.4. The van der Waals surface area contributed by atoms with E-state index in [2.05, 4.69) is 24.8 Å². The van der Waals surface area contributed by atoms with Crippen LogP contribution in [-0.4, -0.2) is 67.4 Å². The Hall–Kier alpha value is -2.69. The number of aromatic nitrogens is 3. The molecule has 4 rings (SSSR count). The van der Waals surface area contributed by atoms with Gasteiger partial charge in [-0.1, -0.05) is 0 Å². The number of piperazine rings is 1. The Labute approximate surface area is 171 Å². The van der Waals surface area contributed by atoms with E-state index < -0.39 is 17.6 Å². The maximum Gasteiger partial charge on any atom is 0.417 e. The van der Waals surface area contributed by atoms with Crippen molar-refractivity contribution in [2.24, 2.45) is 0 Å². The van der Waals surface area contributed by atoms with E-state index in [1.54, 1.807) is 4.90 Å². The standard InChI is InChI=1S/C19H22F4N6O/c1-13-10-16(26-18(25-13)29-6-8-30-9-7-29)27-2-4-28(5-3-27)17-15(20)11-14(12-24-17)19(21,22)23/h10-12H,2-9H2,1H3. The molecule has 0 amide bonds. The molecule has 11 heteroatoms. The smallest absolute Gasteiger partial charge is 0.378 e. The highest BCUT2D eigenvalue weighted by molar-refractivity contribution is 5.49. The predicted octanol–water partition coefficient (Wildman–Crippen LogP) is 2.50. The van der Waals surface area contributed by atoms with Crippen LogP contribution in [0.3, 0.4) is 0 Å². The summed E-state index contributed by atoms with van der Waals surface area (Å²) in [5, 5.41) is 0. The van der Waals surface area contributed by atoms with E-state index in [0.29, 0.717) is 57.6 Å². The van der Waals surface area contributed by atoms with Crippen molar-refractivity contribution in [3.63, 3.8) is 0 Å². The summed E-state index contributed by atoms with van der Waals surface area (Å²) >= 11 is 0. The first kappa shape index (κ1) is 20.6. The Kier molecular flexibility index (Phi) is 5.63. The fraction of sp³-hybridized carbons (Fsp3) is 0.526. The van der Waals surface area contributed by atoms with E-state index >= 15 is 0 Å². The fourth-order valence-corrected chi connectivity index (χ4v) is 3.57. The fourth-order valence-electron chi connectivity index (χ4n) is 3.57. The molecule has 0 aromatic carbocycles. The summed E-state index contributed by atoms with van der Waals surface area (Å²) in [6, 6.07) is 2.40. The summed E-state index contributed by atoms with van der Waals surface area (Å²) < 4.78 is 57.8. The van der Waals surface area contributed by atoms with Crippen molar-refractivity contribution >= 4 is 17.6 Å². The van der Waals surface area contributed by atoms with Crippen LogP contribution in [0.25, 0.3) is 0 Å². The average molecular weight is 426 g/mol. The zero-order valence-electron chi connectivity index (χ0n) is 16.5. The highest BCUT2D eigenvalue weighted by Crippen LogP contribution is 2.31. The third-order valence-corrected chi connectivity index (χ3v) is 5.18. The van der Waals surface area contributed by atoms with Crippen LogP contribution in [0.15, 0.2) is 18.3 Å². The lowest BCUT2D eigenvalue weighted by Crippen LogP contribution is -2.47. The monoisotopic (exact) mass is 426 g/mol. The molecule has 0 aliphatic carbocycles. The third-order valence-electron chi connectivity index (χ3n) is 5.18. The quantitative estimate of drug-likeness (QED) is 0.699. The van der Waals surface area contributed by atoms with Crippen molar-refractivity contribution < 1.29 is 22.3 Å². The Morgan fingerprint density at radius 2 is 1.57 bits per heavy atom. The molecule has 7 nitrogen and oxygen atoms in total. The Balaban J connectivity index is 1.45. The lowest BCUT2D eigenvalue weighted by atomic mass is 10.2. The topological polar surface area (TPSA) is 57.6 Å². The molecule has 4 heterocycles. The number of ether oxygens (including phenoxy) is 1. The minimum absolute atomic E-state index is 0.0597. The lowest BCUT2D eigenvalue weighted by Gasteiger charge is -2.36. The normalized spacial score (nSPS) is 18.1. The van der Waals surface area contributed by atoms with Crippen molar-refractivity contribution in [3.05, 3.63) is 35.4 Å². The molecule has 0 radical (unpaired) electrons. The van der Waals surface area contributed by atoms with Gasteiger partial charge in [-0.05, 0) is 13.0 Å². The maximum atomic E-state index is 14.2. The maximum absolute atomic E-state index is 14.2. The number of hydrogen-bond donors (Lipinski definition) is 0. The molecule has 2 fully saturated rings. The van der Waals surface area contributed by atoms with Crippen molar-refractivity contribution in [2.45, 2.75) is 13.1 Å². The summed E-state index contributed by atoms with van der Waals surface area (Å²) in [6.45, 7) is 6.57. The summed E-state index contributed by atoms with van der Waals surface area (Å²) in [4.78, 5) is 18.7. The zero-order chi connectivity index (χ0) is 21.3. The molecule has 0 saturated carbocycles. The van der Waals surface area contributed by atoms with Crippen LogP contribution >= 0.6 is 0 Å². The third kappa shape index (κ3) is 4.40. The van der Waals surface area contributed by atoms with Crippen LogP contribution in [-0.2, 0) is 10.9 Å². The number of halogens is 4. The van der Waals surface area contributed by atoms with Gasteiger partial charge in [0.25, 0.3) is 0 Å². The molecule has 0 unspecified atom stereocenters. The first-order valence-corrected chi connectivity index (χ1v) is 9.72. The summed E-state index contributed by atoms with van der Waals surface area (Å²) in [7, 11) is 0. The van der Waals surface area contributed by atoms with Gasteiger partial charge in [-0.3, -0.25) is 0 Å². The van der Waals surface area contributed by atoms with Crippen molar-refractivity contribution in [1.82, 2.24) is 15.0 Å². The number of rotatable bonds is 3. The van der Waals surface area contributed by atoms with E-state index in [0.717, 1.165) is 24.6 Å².